The van der Waals surface area contributed by atoms with E-state index in [9.17, 15) is 0 Å². The van der Waals surface area contributed by atoms with Crippen molar-refractivity contribution in [3.63, 3.8) is 0 Å². The lowest BCUT2D eigenvalue weighted by Crippen LogP contribution is -2.47. The summed E-state index contributed by atoms with van der Waals surface area (Å²) in [4.78, 5) is 7.44. The van der Waals surface area contributed by atoms with Crippen LogP contribution >= 0.6 is 0 Å². The molecule has 5 nitrogen and oxygen atoms in total. The summed E-state index contributed by atoms with van der Waals surface area (Å²) in [6, 6.07) is 6.40. The molecular weight excluding hydrogens is 300 g/mol. The number of furan rings is 1. The lowest BCUT2D eigenvalue weighted by atomic mass is 10.2. The molecule has 1 saturated heterocycles. The molecule has 2 N–H and O–H groups in total. The third-order valence-corrected chi connectivity index (χ3v) is 5.18. The largest absolute Gasteiger partial charge is 0.469 e. The average Bonchev–Trinajstić information content (AvgIpc) is 3.15. The minimum Gasteiger partial charge on any atom is -0.469 e. The fourth-order valence-electron chi connectivity index (χ4n) is 3.47. The number of hydrogen-bond donors (Lipinski definition) is 2. The van der Waals surface area contributed by atoms with Crippen LogP contribution in [-0.4, -0.2) is 48.1 Å². The highest BCUT2D eigenvalue weighted by molar-refractivity contribution is 5.80. The molecule has 3 atom stereocenters. The molecule has 2 fully saturated rings. The first kappa shape index (κ1) is 17.3. The molecule has 2 heterocycles. The molecular formula is C19H32N4O. The van der Waals surface area contributed by atoms with Crippen LogP contribution in [0.2, 0.25) is 0 Å². The van der Waals surface area contributed by atoms with Crippen LogP contribution in [-0.2, 0) is 6.42 Å². The Morgan fingerprint density at radius 1 is 1.46 bits per heavy atom. The zero-order valence-electron chi connectivity index (χ0n) is 15.3. The van der Waals surface area contributed by atoms with E-state index in [0.717, 1.165) is 43.7 Å². The van der Waals surface area contributed by atoms with Crippen LogP contribution in [0.1, 0.15) is 52.2 Å². The fraction of sp³-hybridized carbons (Fsp3) is 0.737. The molecule has 5 heteroatoms. The Bertz CT molecular complexity index is 523. The molecule has 0 radical (unpaired) electrons. The quantitative estimate of drug-likeness (QED) is 0.595. The molecule has 0 aromatic carbocycles. The summed E-state index contributed by atoms with van der Waals surface area (Å²) < 4.78 is 5.40. The third kappa shape index (κ3) is 4.76. The Morgan fingerprint density at radius 3 is 2.96 bits per heavy atom. The van der Waals surface area contributed by atoms with Crippen molar-refractivity contribution in [2.75, 3.05) is 13.1 Å². The number of aliphatic imine (C=N–C) groups is 1. The molecule has 1 aromatic heterocycles. The van der Waals surface area contributed by atoms with Crippen molar-refractivity contribution in [1.82, 2.24) is 15.5 Å². The lowest BCUT2D eigenvalue weighted by molar-refractivity contribution is 0.256. The van der Waals surface area contributed by atoms with Gasteiger partial charge in [0.25, 0.3) is 0 Å². The van der Waals surface area contributed by atoms with Crippen LogP contribution in [0.15, 0.2) is 27.8 Å². The fourth-order valence-corrected chi connectivity index (χ4v) is 3.47. The van der Waals surface area contributed by atoms with E-state index in [2.05, 4.69) is 36.3 Å². The molecule has 1 aliphatic heterocycles. The van der Waals surface area contributed by atoms with Crippen molar-refractivity contribution in [2.24, 2.45) is 4.99 Å². The molecule has 0 amide bonds. The first-order valence-corrected chi connectivity index (χ1v) is 9.51. The molecule has 1 saturated carbocycles. The van der Waals surface area contributed by atoms with Gasteiger partial charge in [0.1, 0.15) is 5.76 Å². The molecule has 0 spiro atoms. The van der Waals surface area contributed by atoms with Gasteiger partial charge in [0, 0.05) is 43.7 Å². The van der Waals surface area contributed by atoms with Gasteiger partial charge in [-0.3, -0.25) is 9.89 Å². The predicted octanol–water partition coefficient (Wildman–Crippen LogP) is 2.78. The van der Waals surface area contributed by atoms with Crippen molar-refractivity contribution >= 4 is 5.96 Å². The van der Waals surface area contributed by atoms with Gasteiger partial charge in [-0.25, -0.2) is 0 Å². The highest BCUT2D eigenvalue weighted by atomic mass is 16.3. The summed E-state index contributed by atoms with van der Waals surface area (Å²) >= 11 is 0. The second kappa shape index (κ2) is 8.06. The van der Waals surface area contributed by atoms with E-state index in [0.29, 0.717) is 18.1 Å². The lowest BCUT2D eigenvalue weighted by Gasteiger charge is -2.22. The zero-order chi connectivity index (χ0) is 16.9. The van der Waals surface area contributed by atoms with Crippen LogP contribution in [0.4, 0.5) is 0 Å². The summed E-state index contributed by atoms with van der Waals surface area (Å²) in [6.07, 6.45) is 7.63. The van der Waals surface area contributed by atoms with Crippen molar-refractivity contribution < 1.29 is 4.42 Å². The Balaban J connectivity index is 1.54. The van der Waals surface area contributed by atoms with E-state index >= 15 is 0 Å². The van der Waals surface area contributed by atoms with Crippen LogP contribution in [0.5, 0.6) is 0 Å². The maximum atomic E-state index is 5.40. The number of likely N-dealkylation sites (tertiary alicyclic amines) is 1. The molecule has 24 heavy (non-hydrogen) atoms. The van der Waals surface area contributed by atoms with E-state index in [1.54, 1.807) is 6.26 Å². The predicted molar refractivity (Wildman–Crippen MR) is 98.3 cm³/mol. The molecule has 134 valence electrons. The van der Waals surface area contributed by atoms with Crippen LogP contribution in [0.25, 0.3) is 0 Å². The van der Waals surface area contributed by atoms with E-state index < -0.39 is 0 Å². The molecule has 1 aliphatic carbocycles. The summed E-state index contributed by atoms with van der Waals surface area (Å²) in [7, 11) is 0. The smallest absolute Gasteiger partial charge is 0.191 e. The molecule has 0 bridgehead atoms. The minimum absolute atomic E-state index is 0.429. The van der Waals surface area contributed by atoms with Crippen LogP contribution in [0, 0.1) is 0 Å². The summed E-state index contributed by atoms with van der Waals surface area (Å²) in [5.41, 5.74) is 0. The van der Waals surface area contributed by atoms with Gasteiger partial charge in [-0.05, 0) is 51.7 Å². The second-order valence-electron chi connectivity index (χ2n) is 7.37. The summed E-state index contributed by atoms with van der Waals surface area (Å²) in [5, 5.41) is 7.21. The maximum absolute atomic E-state index is 5.40. The monoisotopic (exact) mass is 332 g/mol. The van der Waals surface area contributed by atoms with Crippen molar-refractivity contribution in [2.45, 2.75) is 77.0 Å². The minimum atomic E-state index is 0.429. The Hall–Kier alpha value is -1.49. The van der Waals surface area contributed by atoms with Crippen molar-refractivity contribution in [3.8, 4) is 0 Å². The SMILES string of the molecule is CCC(C)NC(=NCCc1ccco1)NC1CC(C)N(C2CC2)C1. The highest BCUT2D eigenvalue weighted by Crippen LogP contribution is 2.33. The summed E-state index contributed by atoms with van der Waals surface area (Å²) in [5.74, 6) is 1.95. The van der Waals surface area contributed by atoms with E-state index in [-0.39, 0.29) is 0 Å². The average molecular weight is 332 g/mol. The maximum Gasteiger partial charge on any atom is 0.191 e. The van der Waals surface area contributed by atoms with Crippen molar-refractivity contribution in [3.05, 3.63) is 24.2 Å². The van der Waals surface area contributed by atoms with Gasteiger partial charge < -0.3 is 15.1 Å². The Labute approximate surface area is 145 Å². The molecule has 3 unspecified atom stereocenters. The Morgan fingerprint density at radius 2 is 2.29 bits per heavy atom. The van der Waals surface area contributed by atoms with Gasteiger partial charge >= 0.3 is 0 Å². The number of hydrogen-bond acceptors (Lipinski definition) is 3. The zero-order valence-corrected chi connectivity index (χ0v) is 15.3. The normalized spacial score (nSPS) is 26.5. The summed E-state index contributed by atoms with van der Waals surface area (Å²) in [6.45, 7) is 8.65. The topological polar surface area (TPSA) is 52.8 Å². The van der Waals surface area contributed by atoms with E-state index in [1.807, 2.05) is 12.1 Å². The highest BCUT2D eigenvalue weighted by Gasteiger charge is 2.38. The first-order valence-electron chi connectivity index (χ1n) is 9.51. The van der Waals surface area contributed by atoms with E-state index in [1.165, 1.54) is 19.3 Å². The van der Waals surface area contributed by atoms with Gasteiger partial charge in [-0.2, -0.15) is 0 Å². The molecule has 2 aliphatic rings. The third-order valence-electron chi connectivity index (χ3n) is 5.18. The van der Waals surface area contributed by atoms with Crippen LogP contribution < -0.4 is 10.6 Å². The second-order valence-corrected chi connectivity index (χ2v) is 7.37. The van der Waals surface area contributed by atoms with Crippen LogP contribution in [0.3, 0.4) is 0 Å². The molecule has 1 aromatic rings. The van der Waals surface area contributed by atoms with E-state index in [4.69, 9.17) is 9.41 Å². The van der Waals surface area contributed by atoms with Gasteiger partial charge in [0.2, 0.25) is 0 Å². The molecule has 3 rings (SSSR count). The standard InChI is InChI=1S/C19H32N4O/c1-4-14(2)21-19(20-10-9-18-6-5-11-24-18)22-16-12-15(3)23(13-16)17-7-8-17/h5-6,11,14-17H,4,7-10,12-13H2,1-3H3,(H2,20,21,22). The van der Waals surface area contributed by atoms with Crippen molar-refractivity contribution in [1.29, 1.82) is 0 Å². The number of nitrogens with one attached hydrogen (secondary N) is 2. The van der Waals surface area contributed by atoms with Gasteiger partial charge in [0.15, 0.2) is 5.96 Å². The first-order chi connectivity index (χ1) is 11.7. The van der Waals surface area contributed by atoms with Gasteiger partial charge in [0.05, 0.1) is 6.26 Å². The Kier molecular flexibility index (Phi) is 5.82. The number of rotatable bonds is 7. The van der Waals surface area contributed by atoms with Gasteiger partial charge in [-0.15, -0.1) is 0 Å². The number of nitrogens with zero attached hydrogens (tertiary/aromatic N) is 2. The van der Waals surface area contributed by atoms with Gasteiger partial charge in [-0.1, -0.05) is 6.92 Å². The number of guanidine groups is 1.